The number of hydrogen-bond donors (Lipinski definition) is 2. The van der Waals surface area contributed by atoms with Crippen LogP contribution >= 0.6 is 0 Å². The van der Waals surface area contributed by atoms with E-state index in [1.807, 2.05) is 36.4 Å². The van der Waals surface area contributed by atoms with Crippen LogP contribution in [0.5, 0.6) is 0 Å². The fraction of sp³-hybridized carbons (Fsp3) is 0.375. The zero-order valence-electron chi connectivity index (χ0n) is 17.3. The molecule has 0 aromatic heterocycles. The number of anilines is 1. The van der Waals surface area contributed by atoms with E-state index in [4.69, 9.17) is 0 Å². The largest absolute Gasteiger partial charge is 0.346 e. The number of Topliss-reactive ketones (excluding diaryl/α,β-unsaturated/α-hetero) is 1. The molecule has 6 nitrogen and oxygen atoms in total. The fourth-order valence-electron chi connectivity index (χ4n) is 4.60. The van der Waals surface area contributed by atoms with E-state index >= 15 is 0 Å². The molecule has 30 heavy (non-hydrogen) atoms. The number of hydrazone groups is 1. The molecule has 2 saturated heterocycles. The van der Waals surface area contributed by atoms with Crippen molar-refractivity contribution in [1.29, 1.82) is 0 Å². The zero-order chi connectivity index (χ0) is 20.9. The summed E-state index contributed by atoms with van der Waals surface area (Å²) in [5.41, 5.74) is 4.69. The molecule has 2 fully saturated rings. The predicted molar refractivity (Wildman–Crippen MR) is 119 cm³/mol. The van der Waals surface area contributed by atoms with Gasteiger partial charge in [-0.05, 0) is 50.4 Å². The van der Waals surface area contributed by atoms with Gasteiger partial charge in [0.25, 0.3) is 11.7 Å². The standard InChI is InChI=1S/C24H28N4O2/c1-28-19-10-7-11-20(28)15-18(14-19)26-24(30)23(29)21-12-5-6-13-22(21)27-25-16-17-8-3-2-4-9-17/h2-6,8-9,12-13,16,18-20,27H,7,10-11,14-15H2,1H3,(H,26,30)/b25-16+/t18?,19-,20+. The lowest BCUT2D eigenvalue weighted by atomic mass is 9.82. The van der Waals surface area contributed by atoms with Gasteiger partial charge in [-0.2, -0.15) is 5.10 Å². The number of ketones is 1. The molecular weight excluding hydrogens is 376 g/mol. The maximum absolute atomic E-state index is 12.9. The SMILES string of the molecule is CN1[C@@H]2CCC[C@H]1CC(NC(=O)C(=O)c1ccccc1N/N=C/c1ccccc1)C2. The molecule has 1 unspecified atom stereocenters. The number of fused-ring (bicyclic) bond motifs is 2. The van der Waals surface area contributed by atoms with E-state index in [1.165, 1.54) is 19.3 Å². The quantitative estimate of drug-likeness (QED) is 0.335. The Morgan fingerprint density at radius 1 is 1.00 bits per heavy atom. The summed E-state index contributed by atoms with van der Waals surface area (Å²) in [6, 6.07) is 17.7. The molecule has 1 amide bonds. The molecule has 2 aromatic carbocycles. The molecule has 0 spiro atoms. The van der Waals surface area contributed by atoms with Crippen molar-refractivity contribution in [2.45, 2.75) is 50.2 Å². The number of carbonyl (C=O) groups excluding carboxylic acids is 2. The van der Waals surface area contributed by atoms with E-state index in [-0.39, 0.29) is 6.04 Å². The third-order valence-electron chi connectivity index (χ3n) is 6.25. The van der Waals surface area contributed by atoms with Gasteiger partial charge in [-0.15, -0.1) is 0 Å². The lowest BCUT2D eigenvalue weighted by molar-refractivity contribution is -0.118. The van der Waals surface area contributed by atoms with Gasteiger partial charge in [-0.25, -0.2) is 0 Å². The molecular formula is C24H28N4O2. The highest BCUT2D eigenvalue weighted by Gasteiger charge is 2.37. The monoisotopic (exact) mass is 404 g/mol. The van der Waals surface area contributed by atoms with Crippen LogP contribution in [0.15, 0.2) is 59.7 Å². The van der Waals surface area contributed by atoms with Crippen LogP contribution in [-0.4, -0.2) is 48.0 Å². The molecule has 2 heterocycles. The van der Waals surface area contributed by atoms with E-state index in [0.29, 0.717) is 23.3 Å². The molecule has 3 atom stereocenters. The first kappa shape index (κ1) is 20.3. The number of nitrogens with one attached hydrogen (secondary N) is 2. The van der Waals surface area contributed by atoms with Crippen LogP contribution in [0.25, 0.3) is 0 Å². The van der Waals surface area contributed by atoms with Crippen molar-refractivity contribution < 1.29 is 9.59 Å². The first-order valence-corrected chi connectivity index (χ1v) is 10.6. The molecule has 0 saturated carbocycles. The summed E-state index contributed by atoms with van der Waals surface area (Å²) in [7, 11) is 2.18. The van der Waals surface area contributed by atoms with E-state index in [2.05, 4.69) is 27.8 Å². The normalized spacial score (nSPS) is 23.8. The Morgan fingerprint density at radius 2 is 1.67 bits per heavy atom. The van der Waals surface area contributed by atoms with Crippen LogP contribution in [0.1, 0.15) is 48.0 Å². The zero-order valence-corrected chi connectivity index (χ0v) is 17.3. The van der Waals surface area contributed by atoms with E-state index < -0.39 is 11.7 Å². The number of rotatable bonds is 6. The van der Waals surface area contributed by atoms with Gasteiger partial charge < -0.3 is 10.2 Å². The summed E-state index contributed by atoms with van der Waals surface area (Å²) in [4.78, 5) is 28.0. The molecule has 0 aliphatic carbocycles. The second kappa shape index (κ2) is 9.22. The van der Waals surface area contributed by atoms with Gasteiger partial charge in [-0.1, -0.05) is 48.9 Å². The van der Waals surface area contributed by atoms with Crippen molar-refractivity contribution in [3.8, 4) is 0 Å². The molecule has 2 aromatic rings. The minimum Gasteiger partial charge on any atom is -0.346 e. The number of para-hydroxylation sites is 1. The Bertz CT molecular complexity index is 914. The second-order valence-electron chi connectivity index (χ2n) is 8.20. The molecule has 156 valence electrons. The van der Waals surface area contributed by atoms with Gasteiger partial charge in [0.05, 0.1) is 17.5 Å². The minimum atomic E-state index is -0.538. The molecule has 2 aliphatic heterocycles. The molecule has 4 rings (SSSR count). The summed E-state index contributed by atoms with van der Waals surface area (Å²) in [5.74, 6) is -1.07. The number of nitrogens with zero attached hydrogens (tertiary/aromatic N) is 2. The van der Waals surface area contributed by atoms with Crippen LogP contribution in [0.2, 0.25) is 0 Å². The Hall–Kier alpha value is -2.99. The lowest BCUT2D eigenvalue weighted by Crippen LogP contribution is -2.55. The fourth-order valence-corrected chi connectivity index (χ4v) is 4.60. The van der Waals surface area contributed by atoms with Gasteiger partial charge in [0.1, 0.15) is 0 Å². The summed E-state index contributed by atoms with van der Waals surface area (Å²) in [6.45, 7) is 0. The number of piperidine rings is 2. The van der Waals surface area contributed by atoms with Gasteiger partial charge in [0.15, 0.2) is 0 Å². The average molecular weight is 405 g/mol. The molecule has 0 radical (unpaired) electrons. The van der Waals surface area contributed by atoms with Crippen molar-refractivity contribution in [3.05, 3.63) is 65.7 Å². The van der Waals surface area contributed by atoms with E-state index in [0.717, 1.165) is 18.4 Å². The second-order valence-corrected chi connectivity index (χ2v) is 8.20. The predicted octanol–water partition coefficient (Wildman–Crippen LogP) is 3.45. The van der Waals surface area contributed by atoms with Crippen molar-refractivity contribution in [2.75, 3.05) is 12.5 Å². The lowest BCUT2D eigenvalue weighted by Gasteiger charge is -2.47. The highest BCUT2D eigenvalue weighted by molar-refractivity contribution is 6.44. The Kier molecular flexibility index (Phi) is 6.23. The maximum Gasteiger partial charge on any atom is 0.292 e. The summed E-state index contributed by atoms with van der Waals surface area (Å²) >= 11 is 0. The highest BCUT2D eigenvalue weighted by Crippen LogP contribution is 2.32. The van der Waals surface area contributed by atoms with Crippen LogP contribution < -0.4 is 10.7 Å². The Labute approximate surface area is 177 Å². The van der Waals surface area contributed by atoms with Crippen LogP contribution in [0.4, 0.5) is 5.69 Å². The van der Waals surface area contributed by atoms with Crippen molar-refractivity contribution in [2.24, 2.45) is 5.10 Å². The Morgan fingerprint density at radius 3 is 2.40 bits per heavy atom. The topological polar surface area (TPSA) is 73.8 Å². The van der Waals surface area contributed by atoms with Crippen molar-refractivity contribution in [1.82, 2.24) is 10.2 Å². The number of amides is 1. The molecule has 2 aliphatic rings. The number of benzene rings is 2. The molecule has 6 heteroatoms. The van der Waals surface area contributed by atoms with E-state index in [9.17, 15) is 9.59 Å². The van der Waals surface area contributed by atoms with Crippen LogP contribution in [-0.2, 0) is 4.79 Å². The van der Waals surface area contributed by atoms with Gasteiger partial charge >= 0.3 is 0 Å². The highest BCUT2D eigenvalue weighted by atomic mass is 16.2. The maximum atomic E-state index is 12.9. The smallest absolute Gasteiger partial charge is 0.292 e. The van der Waals surface area contributed by atoms with Gasteiger partial charge in [0, 0.05) is 18.1 Å². The van der Waals surface area contributed by atoms with Crippen molar-refractivity contribution >= 4 is 23.6 Å². The van der Waals surface area contributed by atoms with E-state index in [1.54, 1.807) is 24.4 Å². The summed E-state index contributed by atoms with van der Waals surface area (Å²) in [6.07, 6.45) is 7.08. The van der Waals surface area contributed by atoms with Crippen LogP contribution in [0, 0.1) is 0 Å². The number of hydrogen-bond acceptors (Lipinski definition) is 5. The third kappa shape index (κ3) is 4.60. The van der Waals surface area contributed by atoms with Gasteiger partial charge in [0.2, 0.25) is 0 Å². The Balaban J connectivity index is 1.40. The molecule has 2 N–H and O–H groups in total. The number of carbonyl (C=O) groups is 2. The minimum absolute atomic E-state index is 0.0594. The average Bonchev–Trinajstić information content (AvgIpc) is 2.75. The van der Waals surface area contributed by atoms with Gasteiger partial charge in [-0.3, -0.25) is 15.0 Å². The summed E-state index contributed by atoms with van der Waals surface area (Å²) in [5, 5.41) is 7.21. The van der Waals surface area contributed by atoms with Crippen molar-refractivity contribution in [3.63, 3.8) is 0 Å². The third-order valence-corrected chi connectivity index (χ3v) is 6.25. The first-order chi connectivity index (χ1) is 14.6. The molecule has 2 bridgehead atoms. The van der Waals surface area contributed by atoms with Crippen LogP contribution in [0.3, 0.4) is 0 Å². The summed E-state index contributed by atoms with van der Waals surface area (Å²) < 4.78 is 0. The first-order valence-electron chi connectivity index (χ1n) is 10.6.